The summed E-state index contributed by atoms with van der Waals surface area (Å²) < 4.78 is 16.8. The Bertz CT molecular complexity index is 1060. The molecule has 0 aliphatic heterocycles. The van der Waals surface area contributed by atoms with E-state index in [4.69, 9.17) is 14.2 Å². The fourth-order valence-electron chi connectivity index (χ4n) is 7.22. The molecular weight excluding hydrogens is 745 g/mol. The summed E-state index contributed by atoms with van der Waals surface area (Å²) >= 11 is 0. The smallest absolute Gasteiger partial charge is 0.306 e. The van der Waals surface area contributed by atoms with Crippen LogP contribution in [0.5, 0.6) is 0 Å². The number of esters is 3. The standard InChI is InChI=1S/C54H96O6/c1-4-7-10-13-16-19-22-25-27-29-32-35-38-41-44-47-53(56)59-50-51(49-58-52(55)46-43-40-37-34-31-24-21-18-15-12-9-6-3)60-54(57)48-45-42-39-36-33-30-28-26-23-20-17-14-11-8-5-2/h7,10,16,19,25-28,51H,4-6,8-9,11-15,17-18,20-24,29-50H2,1-3H3/t51-/m1/s1. The fraction of sp³-hybridized carbons (Fsp3) is 0.796. The predicted octanol–water partition coefficient (Wildman–Crippen LogP) is 16.7. The molecule has 0 N–H and O–H groups in total. The van der Waals surface area contributed by atoms with E-state index in [-0.39, 0.29) is 31.1 Å². The monoisotopic (exact) mass is 841 g/mol. The molecular formula is C54H96O6. The van der Waals surface area contributed by atoms with E-state index >= 15 is 0 Å². The van der Waals surface area contributed by atoms with Gasteiger partial charge in [-0.1, -0.05) is 211 Å². The van der Waals surface area contributed by atoms with Gasteiger partial charge < -0.3 is 14.2 Å². The van der Waals surface area contributed by atoms with Crippen LogP contribution in [0.4, 0.5) is 0 Å². The van der Waals surface area contributed by atoms with Crippen molar-refractivity contribution in [1.82, 2.24) is 0 Å². The van der Waals surface area contributed by atoms with Crippen LogP contribution in [0, 0.1) is 0 Å². The maximum atomic E-state index is 12.8. The van der Waals surface area contributed by atoms with E-state index in [0.717, 1.165) is 109 Å². The van der Waals surface area contributed by atoms with Crippen LogP contribution in [0.25, 0.3) is 0 Å². The minimum absolute atomic E-state index is 0.0798. The van der Waals surface area contributed by atoms with Crippen molar-refractivity contribution < 1.29 is 28.6 Å². The van der Waals surface area contributed by atoms with Crippen molar-refractivity contribution in [3.8, 4) is 0 Å². The van der Waals surface area contributed by atoms with E-state index in [2.05, 4.69) is 69.4 Å². The molecule has 0 aliphatic rings. The molecule has 6 heteroatoms. The van der Waals surface area contributed by atoms with Crippen molar-refractivity contribution >= 4 is 17.9 Å². The van der Waals surface area contributed by atoms with Gasteiger partial charge in [-0.05, 0) is 77.0 Å². The molecule has 0 radical (unpaired) electrons. The predicted molar refractivity (Wildman–Crippen MR) is 256 cm³/mol. The van der Waals surface area contributed by atoms with Gasteiger partial charge >= 0.3 is 17.9 Å². The van der Waals surface area contributed by atoms with Gasteiger partial charge in [0, 0.05) is 19.3 Å². The molecule has 60 heavy (non-hydrogen) atoms. The molecule has 0 saturated heterocycles. The van der Waals surface area contributed by atoms with Crippen LogP contribution in [0.15, 0.2) is 48.6 Å². The molecule has 0 unspecified atom stereocenters. The van der Waals surface area contributed by atoms with E-state index in [1.807, 2.05) is 0 Å². The first-order valence-corrected chi connectivity index (χ1v) is 25.6. The Kier molecular flexibility index (Phi) is 46.9. The van der Waals surface area contributed by atoms with Gasteiger partial charge in [0.05, 0.1) is 0 Å². The van der Waals surface area contributed by atoms with Crippen LogP contribution in [0.2, 0.25) is 0 Å². The highest BCUT2D eigenvalue weighted by Gasteiger charge is 2.19. The van der Waals surface area contributed by atoms with Gasteiger partial charge in [0.15, 0.2) is 6.10 Å². The Morgan fingerprint density at radius 1 is 0.350 bits per heavy atom. The topological polar surface area (TPSA) is 78.9 Å². The molecule has 1 atom stereocenters. The molecule has 0 aromatic carbocycles. The van der Waals surface area contributed by atoms with Crippen LogP contribution < -0.4 is 0 Å². The zero-order valence-corrected chi connectivity index (χ0v) is 39.7. The van der Waals surface area contributed by atoms with Crippen molar-refractivity contribution in [2.24, 2.45) is 0 Å². The number of hydrogen-bond acceptors (Lipinski definition) is 6. The Morgan fingerprint density at radius 3 is 1.03 bits per heavy atom. The molecule has 0 aromatic rings. The molecule has 6 nitrogen and oxygen atoms in total. The molecule has 0 rings (SSSR count). The summed E-state index contributed by atoms with van der Waals surface area (Å²) in [5.74, 6) is -0.899. The first kappa shape index (κ1) is 57.4. The van der Waals surface area contributed by atoms with Gasteiger partial charge in [0.2, 0.25) is 0 Å². The zero-order valence-electron chi connectivity index (χ0n) is 39.7. The summed E-state index contributed by atoms with van der Waals surface area (Å²) in [5, 5.41) is 0. The van der Waals surface area contributed by atoms with Crippen molar-refractivity contribution in [1.29, 1.82) is 0 Å². The highest BCUT2D eigenvalue weighted by Crippen LogP contribution is 2.15. The second kappa shape index (κ2) is 49.0. The highest BCUT2D eigenvalue weighted by atomic mass is 16.6. The summed E-state index contributed by atoms with van der Waals surface area (Å²) in [6.45, 7) is 6.51. The van der Waals surface area contributed by atoms with Crippen LogP contribution >= 0.6 is 0 Å². The second-order valence-electron chi connectivity index (χ2n) is 17.1. The Balaban J connectivity index is 4.40. The summed E-state index contributed by atoms with van der Waals surface area (Å²) in [4.78, 5) is 37.9. The van der Waals surface area contributed by atoms with Crippen molar-refractivity contribution in [3.63, 3.8) is 0 Å². The molecule has 0 heterocycles. The average Bonchev–Trinajstić information content (AvgIpc) is 3.24. The van der Waals surface area contributed by atoms with Gasteiger partial charge in [0.1, 0.15) is 13.2 Å². The third-order valence-corrected chi connectivity index (χ3v) is 11.1. The summed E-state index contributed by atoms with van der Waals surface area (Å²) in [7, 11) is 0. The van der Waals surface area contributed by atoms with E-state index in [1.54, 1.807) is 0 Å². The normalized spacial score (nSPS) is 12.4. The number of rotatable bonds is 46. The molecule has 0 bridgehead atoms. The van der Waals surface area contributed by atoms with Gasteiger partial charge in [-0.25, -0.2) is 0 Å². The molecule has 0 amide bonds. The van der Waals surface area contributed by atoms with Gasteiger partial charge in [0.25, 0.3) is 0 Å². The maximum absolute atomic E-state index is 12.8. The number of carbonyl (C=O) groups is 3. The van der Waals surface area contributed by atoms with Crippen LogP contribution in [-0.4, -0.2) is 37.2 Å². The lowest BCUT2D eigenvalue weighted by Crippen LogP contribution is -2.30. The Morgan fingerprint density at radius 2 is 0.650 bits per heavy atom. The zero-order chi connectivity index (χ0) is 43.7. The number of ether oxygens (including phenoxy) is 3. The summed E-state index contributed by atoms with van der Waals surface area (Å²) in [5.41, 5.74) is 0. The lowest BCUT2D eigenvalue weighted by atomic mass is 10.0. The maximum Gasteiger partial charge on any atom is 0.306 e. The summed E-state index contributed by atoms with van der Waals surface area (Å²) in [6.07, 6.45) is 58.0. The number of hydrogen-bond donors (Lipinski definition) is 0. The molecule has 0 aliphatic carbocycles. The van der Waals surface area contributed by atoms with Crippen molar-refractivity contribution in [2.75, 3.05) is 13.2 Å². The average molecular weight is 841 g/mol. The van der Waals surface area contributed by atoms with Crippen LogP contribution in [0.1, 0.15) is 258 Å². The molecule has 0 fully saturated rings. The minimum Gasteiger partial charge on any atom is -0.462 e. The molecule has 0 saturated carbocycles. The second-order valence-corrected chi connectivity index (χ2v) is 17.1. The lowest BCUT2D eigenvalue weighted by Gasteiger charge is -2.18. The SMILES string of the molecule is CCC=CCC=CCC=CCCCCCCCC(=O)OC[C@@H](COC(=O)CCCCCCCCCCCCCC)OC(=O)CCCCCCCC=CCCCCCCCC. The Hall–Kier alpha value is -2.63. The third kappa shape index (κ3) is 46.4. The number of unbranched alkanes of at least 4 members (excludes halogenated alkanes) is 27. The van der Waals surface area contributed by atoms with E-state index in [1.165, 1.54) is 109 Å². The lowest BCUT2D eigenvalue weighted by molar-refractivity contribution is -0.167. The number of carbonyl (C=O) groups excluding carboxylic acids is 3. The van der Waals surface area contributed by atoms with Gasteiger partial charge in [-0.3, -0.25) is 14.4 Å². The van der Waals surface area contributed by atoms with E-state index in [0.29, 0.717) is 19.3 Å². The van der Waals surface area contributed by atoms with Crippen LogP contribution in [-0.2, 0) is 28.6 Å². The number of allylic oxidation sites excluding steroid dienone is 8. The quantitative estimate of drug-likeness (QED) is 0.0263. The van der Waals surface area contributed by atoms with E-state index < -0.39 is 6.10 Å². The molecule has 0 spiro atoms. The largest absolute Gasteiger partial charge is 0.462 e. The third-order valence-electron chi connectivity index (χ3n) is 11.1. The molecule has 348 valence electrons. The Labute approximate surface area is 371 Å². The van der Waals surface area contributed by atoms with Crippen LogP contribution in [0.3, 0.4) is 0 Å². The summed E-state index contributed by atoms with van der Waals surface area (Å²) in [6, 6.07) is 0. The first-order valence-electron chi connectivity index (χ1n) is 25.6. The molecule has 0 aromatic heterocycles. The van der Waals surface area contributed by atoms with Gasteiger partial charge in [-0.15, -0.1) is 0 Å². The fourth-order valence-corrected chi connectivity index (χ4v) is 7.22. The van der Waals surface area contributed by atoms with Crippen molar-refractivity contribution in [2.45, 2.75) is 264 Å². The van der Waals surface area contributed by atoms with Crippen molar-refractivity contribution in [3.05, 3.63) is 48.6 Å². The van der Waals surface area contributed by atoms with E-state index in [9.17, 15) is 14.4 Å². The minimum atomic E-state index is -0.781. The first-order chi connectivity index (χ1) is 29.5. The highest BCUT2D eigenvalue weighted by molar-refractivity contribution is 5.71. The van der Waals surface area contributed by atoms with Gasteiger partial charge in [-0.2, -0.15) is 0 Å².